The van der Waals surface area contributed by atoms with Crippen molar-refractivity contribution in [2.75, 3.05) is 24.2 Å². The number of halogens is 1. The first kappa shape index (κ1) is 27.3. The van der Waals surface area contributed by atoms with Crippen LogP contribution < -0.4 is 9.62 Å². The van der Waals surface area contributed by atoms with Gasteiger partial charge < -0.3 is 10.2 Å². The van der Waals surface area contributed by atoms with Crippen molar-refractivity contribution in [1.29, 1.82) is 0 Å². The van der Waals surface area contributed by atoms with E-state index >= 15 is 0 Å². The van der Waals surface area contributed by atoms with Crippen LogP contribution in [0.5, 0.6) is 0 Å². The number of rotatable bonds is 11. The van der Waals surface area contributed by atoms with Gasteiger partial charge in [0.2, 0.25) is 21.8 Å². The molecule has 2 aromatic rings. The number of benzene rings is 2. The molecule has 0 radical (unpaired) electrons. The highest BCUT2D eigenvalue weighted by molar-refractivity contribution is 7.92. The van der Waals surface area contributed by atoms with Gasteiger partial charge in [0.25, 0.3) is 0 Å². The van der Waals surface area contributed by atoms with Gasteiger partial charge in [-0.1, -0.05) is 25.1 Å². The highest BCUT2D eigenvalue weighted by Gasteiger charge is 2.28. The second kappa shape index (κ2) is 12.0. The standard InChI is InChI=1S/C25H34FN3O4S/c1-6-23(25(31)27-4)28(17-20-9-11-21(26)12-10-20)24(30)8-7-13-29(34(5,32)33)22-15-18(2)14-19(3)16-22/h9-12,14-16,23H,6-8,13,17H2,1-5H3,(H,27,31)/t23-/m0/s1. The Morgan fingerprint density at radius 1 is 1.06 bits per heavy atom. The highest BCUT2D eigenvalue weighted by atomic mass is 32.2. The number of sulfonamides is 1. The lowest BCUT2D eigenvalue weighted by atomic mass is 10.1. The van der Waals surface area contributed by atoms with E-state index in [2.05, 4.69) is 5.32 Å². The fraction of sp³-hybridized carbons (Fsp3) is 0.440. The second-order valence-corrected chi connectivity index (χ2v) is 10.4. The lowest BCUT2D eigenvalue weighted by Gasteiger charge is -2.31. The monoisotopic (exact) mass is 491 g/mol. The van der Waals surface area contributed by atoms with Crippen molar-refractivity contribution in [1.82, 2.24) is 10.2 Å². The molecule has 0 unspecified atom stereocenters. The van der Waals surface area contributed by atoms with Gasteiger partial charge in [0.05, 0.1) is 11.9 Å². The number of nitrogens with one attached hydrogen (secondary N) is 1. The molecule has 2 aromatic carbocycles. The minimum Gasteiger partial charge on any atom is -0.357 e. The molecule has 1 atom stereocenters. The predicted octanol–water partition coefficient (Wildman–Crippen LogP) is 3.54. The maximum atomic E-state index is 13.3. The van der Waals surface area contributed by atoms with E-state index in [1.54, 1.807) is 24.3 Å². The lowest BCUT2D eigenvalue weighted by Crippen LogP contribution is -2.48. The number of nitrogens with zero attached hydrogens (tertiary/aromatic N) is 2. The van der Waals surface area contributed by atoms with Crippen molar-refractivity contribution in [3.05, 3.63) is 65.0 Å². The number of likely N-dealkylation sites (N-methyl/N-ethyl adjacent to an activating group) is 1. The van der Waals surface area contributed by atoms with Crippen molar-refractivity contribution in [2.24, 2.45) is 0 Å². The third-order valence-corrected chi connectivity index (χ3v) is 6.74. The topological polar surface area (TPSA) is 86.8 Å². The van der Waals surface area contributed by atoms with E-state index in [0.717, 1.165) is 17.4 Å². The Morgan fingerprint density at radius 2 is 1.65 bits per heavy atom. The molecule has 0 fully saturated rings. The minimum absolute atomic E-state index is 0.0610. The molecule has 34 heavy (non-hydrogen) atoms. The zero-order valence-electron chi connectivity index (χ0n) is 20.5. The number of carbonyl (C=O) groups excluding carboxylic acids is 2. The average Bonchev–Trinajstić information content (AvgIpc) is 2.75. The van der Waals surface area contributed by atoms with Gasteiger partial charge in [0, 0.05) is 26.6 Å². The van der Waals surface area contributed by atoms with Crippen molar-refractivity contribution < 1.29 is 22.4 Å². The first-order chi connectivity index (χ1) is 16.0. The summed E-state index contributed by atoms with van der Waals surface area (Å²) in [5, 5.41) is 2.59. The zero-order chi connectivity index (χ0) is 25.5. The largest absolute Gasteiger partial charge is 0.357 e. The molecule has 0 aromatic heterocycles. The normalized spacial score (nSPS) is 12.2. The molecule has 0 saturated heterocycles. The smallest absolute Gasteiger partial charge is 0.242 e. The molecule has 0 saturated carbocycles. The SMILES string of the molecule is CC[C@@H](C(=O)NC)N(Cc1ccc(F)cc1)C(=O)CCCN(c1cc(C)cc(C)c1)S(C)(=O)=O. The Morgan fingerprint density at radius 3 is 2.15 bits per heavy atom. The fourth-order valence-electron chi connectivity index (χ4n) is 3.97. The number of anilines is 1. The number of aryl methyl sites for hydroxylation is 2. The summed E-state index contributed by atoms with van der Waals surface area (Å²) in [6, 6.07) is 10.7. The first-order valence-corrected chi connectivity index (χ1v) is 13.1. The maximum absolute atomic E-state index is 13.3. The molecule has 0 aliphatic heterocycles. The molecule has 0 bridgehead atoms. The molecule has 2 amide bonds. The number of hydrogen-bond acceptors (Lipinski definition) is 4. The molecule has 0 aliphatic carbocycles. The zero-order valence-corrected chi connectivity index (χ0v) is 21.3. The van der Waals surface area contributed by atoms with Crippen LogP contribution >= 0.6 is 0 Å². The molecule has 0 heterocycles. The first-order valence-electron chi connectivity index (χ1n) is 11.3. The van der Waals surface area contributed by atoms with Crippen LogP contribution in [0.25, 0.3) is 0 Å². The number of hydrogen-bond donors (Lipinski definition) is 1. The van der Waals surface area contributed by atoms with Crippen LogP contribution in [0.2, 0.25) is 0 Å². The van der Waals surface area contributed by atoms with Gasteiger partial charge in [-0.2, -0.15) is 0 Å². The Hall–Kier alpha value is -2.94. The molecule has 0 aliphatic rings. The van der Waals surface area contributed by atoms with E-state index in [9.17, 15) is 22.4 Å². The summed E-state index contributed by atoms with van der Waals surface area (Å²) in [6.45, 7) is 5.90. The van der Waals surface area contributed by atoms with Gasteiger partial charge in [0.15, 0.2) is 0 Å². The molecular weight excluding hydrogens is 457 g/mol. The average molecular weight is 492 g/mol. The Balaban J connectivity index is 2.20. The Kier molecular flexibility index (Phi) is 9.61. The van der Waals surface area contributed by atoms with Crippen molar-refractivity contribution >= 4 is 27.5 Å². The van der Waals surface area contributed by atoms with Crippen LogP contribution in [0.4, 0.5) is 10.1 Å². The summed E-state index contributed by atoms with van der Waals surface area (Å²) in [4.78, 5) is 27.1. The Bertz CT molecular complexity index is 1080. The van der Waals surface area contributed by atoms with E-state index in [0.29, 0.717) is 17.7 Å². The van der Waals surface area contributed by atoms with Crippen molar-refractivity contribution in [3.63, 3.8) is 0 Å². The summed E-state index contributed by atoms with van der Waals surface area (Å²) in [7, 11) is -2.04. The van der Waals surface area contributed by atoms with Crippen LogP contribution in [-0.2, 0) is 26.2 Å². The molecule has 0 spiro atoms. The van der Waals surface area contributed by atoms with Crippen molar-refractivity contribution in [2.45, 2.75) is 52.6 Å². The van der Waals surface area contributed by atoms with Gasteiger partial charge in [-0.15, -0.1) is 0 Å². The number of amides is 2. The summed E-state index contributed by atoms with van der Waals surface area (Å²) >= 11 is 0. The van der Waals surface area contributed by atoms with Gasteiger partial charge in [-0.3, -0.25) is 13.9 Å². The van der Waals surface area contributed by atoms with Gasteiger partial charge in [0.1, 0.15) is 11.9 Å². The van der Waals surface area contributed by atoms with Gasteiger partial charge in [-0.05, 0) is 67.6 Å². The Labute approximate surface area is 202 Å². The van der Waals surface area contributed by atoms with E-state index in [1.165, 1.54) is 28.4 Å². The van der Waals surface area contributed by atoms with Gasteiger partial charge >= 0.3 is 0 Å². The van der Waals surface area contributed by atoms with E-state index in [4.69, 9.17) is 0 Å². The summed E-state index contributed by atoms with van der Waals surface area (Å²) in [5.41, 5.74) is 3.15. The quantitative estimate of drug-likeness (QED) is 0.521. The molecule has 1 N–H and O–H groups in total. The third kappa shape index (κ3) is 7.55. The highest BCUT2D eigenvalue weighted by Crippen LogP contribution is 2.22. The maximum Gasteiger partial charge on any atom is 0.242 e. The lowest BCUT2D eigenvalue weighted by molar-refractivity contribution is -0.141. The van der Waals surface area contributed by atoms with Crippen LogP contribution in [0.15, 0.2) is 42.5 Å². The predicted molar refractivity (Wildman–Crippen MR) is 132 cm³/mol. The summed E-state index contributed by atoms with van der Waals surface area (Å²) in [5.74, 6) is -0.938. The third-order valence-electron chi connectivity index (χ3n) is 5.55. The molecular formula is C25H34FN3O4S. The van der Waals surface area contributed by atoms with E-state index < -0.39 is 16.1 Å². The van der Waals surface area contributed by atoms with E-state index in [1.807, 2.05) is 26.8 Å². The second-order valence-electron chi connectivity index (χ2n) is 8.47. The van der Waals surface area contributed by atoms with Crippen LogP contribution in [-0.4, -0.2) is 51.0 Å². The van der Waals surface area contributed by atoms with Crippen LogP contribution in [0, 0.1) is 19.7 Å². The van der Waals surface area contributed by atoms with Gasteiger partial charge in [-0.25, -0.2) is 12.8 Å². The van der Waals surface area contributed by atoms with Crippen LogP contribution in [0.3, 0.4) is 0 Å². The summed E-state index contributed by atoms with van der Waals surface area (Å²) in [6.07, 6.45) is 1.89. The van der Waals surface area contributed by atoms with E-state index in [-0.39, 0.29) is 43.6 Å². The molecule has 7 nitrogen and oxygen atoms in total. The minimum atomic E-state index is -3.55. The fourth-order valence-corrected chi connectivity index (χ4v) is 4.92. The van der Waals surface area contributed by atoms with Crippen molar-refractivity contribution in [3.8, 4) is 0 Å². The van der Waals surface area contributed by atoms with Crippen LogP contribution in [0.1, 0.15) is 42.9 Å². The summed E-state index contributed by atoms with van der Waals surface area (Å²) < 4.78 is 39.6. The molecule has 9 heteroatoms. The molecule has 2 rings (SSSR count). The molecule has 186 valence electrons. The number of carbonyl (C=O) groups is 2.